The molecule has 0 aromatic heterocycles. The van der Waals surface area contributed by atoms with Gasteiger partial charge in [0.1, 0.15) is 0 Å². The highest BCUT2D eigenvalue weighted by Crippen LogP contribution is 2.33. The van der Waals surface area contributed by atoms with Gasteiger partial charge in [0.25, 0.3) is 0 Å². The number of aliphatic hydroxyl groups excluding tert-OH is 1. The highest BCUT2D eigenvalue weighted by Gasteiger charge is 2.34. The van der Waals surface area contributed by atoms with E-state index in [1.807, 2.05) is 0 Å². The number of hydrogen-bond donors (Lipinski definition) is 2. The van der Waals surface area contributed by atoms with Crippen molar-refractivity contribution >= 4 is 0 Å². The molecule has 0 aliphatic heterocycles. The molecule has 0 amide bonds. The van der Waals surface area contributed by atoms with Gasteiger partial charge < -0.3 is 10.8 Å². The summed E-state index contributed by atoms with van der Waals surface area (Å²) >= 11 is 0. The minimum atomic E-state index is -0.0833. The van der Waals surface area contributed by atoms with E-state index in [-0.39, 0.29) is 12.0 Å². The van der Waals surface area contributed by atoms with Crippen LogP contribution in [0.1, 0.15) is 27.7 Å². The third kappa shape index (κ3) is 1.94. The molecule has 0 aromatic rings. The van der Waals surface area contributed by atoms with Crippen molar-refractivity contribution in [3.05, 3.63) is 0 Å². The summed E-state index contributed by atoms with van der Waals surface area (Å²) in [5.41, 5.74) is 5.58. The zero-order valence-electron chi connectivity index (χ0n) is 8.09. The first-order valence-corrected chi connectivity index (χ1v) is 4.32. The maximum absolute atomic E-state index is 9.24. The average molecular weight is 159 g/mol. The Morgan fingerprint density at radius 1 is 1.18 bits per heavy atom. The maximum atomic E-state index is 9.24. The van der Waals surface area contributed by atoms with Gasteiger partial charge in [0.15, 0.2) is 0 Å². The lowest BCUT2D eigenvalue weighted by molar-refractivity contribution is 0.0385. The quantitative estimate of drug-likeness (QED) is 0.648. The number of hydrogen-bond acceptors (Lipinski definition) is 2. The number of rotatable bonds is 4. The van der Waals surface area contributed by atoms with Crippen LogP contribution in [0.15, 0.2) is 0 Å². The maximum Gasteiger partial charge on any atom is 0.0504 e. The first-order chi connectivity index (χ1) is 5.01. The summed E-state index contributed by atoms with van der Waals surface area (Å²) in [5, 5.41) is 9.24. The van der Waals surface area contributed by atoms with Gasteiger partial charge in [-0.15, -0.1) is 0 Å². The van der Waals surface area contributed by atoms with E-state index in [2.05, 4.69) is 27.7 Å². The molecular formula is C9H21NO. The topological polar surface area (TPSA) is 46.2 Å². The Hall–Kier alpha value is -0.0800. The van der Waals surface area contributed by atoms with Gasteiger partial charge in [-0.2, -0.15) is 0 Å². The van der Waals surface area contributed by atoms with Crippen LogP contribution < -0.4 is 5.73 Å². The molecule has 0 saturated heterocycles. The molecule has 0 aromatic carbocycles. The Kier molecular flexibility index (Phi) is 4.04. The molecule has 0 spiro atoms. The first kappa shape index (κ1) is 10.9. The molecule has 0 radical (unpaired) electrons. The van der Waals surface area contributed by atoms with Crippen LogP contribution in [0.5, 0.6) is 0 Å². The summed E-state index contributed by atoms with van der Waals surface area (Å²) in [6.07, 6.45) is 0. The molecule has 0 bridgehead atoms. The molecule has 2 nitrogen and oxygen atoms in total. The summed E-state index contributed by atoms with van der Waals surface area (Å²) in [4.78, 5) is 0. The molecule has 11 heavy (non-hydrogen) atoms. The molecule has 0 aliphatic rings. The van der Waals surface area contributed by atoms with Crippen molar-refractivity contribution < 1.29 is 5.11 Å². The highest BCUT2D eigenvalue weighted by molar-refractivity contribution is 4.85. The minimum Gasteiger partial charge on any atom is -0.396 e. The third-order valence-electron chi connectivity index (χ3n) is 2.97. The van der Waals surface area contributed by atoms with Crippen molar-refractivity contribution in [2.45, 2.75) is 27.7 Å². The summed E-state index contributed by atoms with van der Waals surface area (Å²) in [6.45, 7) is 9.22. The first-order valence-electron chi connectivity index (χ1n) is 4.32. The van der Waals surface area contributed by atoms with Gasteiger partial charge >= 0.3 is 0 Å². The van der Waals surface area contributed by atoms with Crippen molar-refractivity contribution in [2.75, 3.05) is 13.2 Å². The lowest BCUT2D eigenvalue weighted by atomic mass is 9.69. The lowest BCUT2D eigenvalue weighted by Gasteiger charge is -2.38. The predicted molar refractivity (Wildman–Crippen MR) is 48.2 cm³/mol. The number of nitrogens with two attached hydrogens (primary N) is 1. The van der Waals surface area contributed by atoms with Crippen LogP contribution >= 0.6 is 0 Å². The average Bonchev–Trinajstić information content (AvgIpc) is 1.90. The molecule has 3 N–H and O–H groups in total. The largest absolute Gasteiger partial charge is 0.396 e. The monoisotopic (exact) mass is 159 g/mol. The van der Waals surface area contributed by atoms with Crippen LogP contribution in [0.4, 0.5) is 0 Å². The molecule has 0 aliphatic carbocycles. The van der Waals surface area contributed by atoms with E-state index in [0.29, 0.717) is 18.4 Å². The molecule has 2 heteroatoms. The van der Waals surface area contributed by atoms with E-state index in [0.717, 1.165) is 0 Å². The fraction of sp³-hybridized carbons (Fsp3) is 1.00. The molecule has 0 fully saturated rings. The fourth-order valence-electron chi connectivity index (χ4n) is 1.57. The Labute approximate surface area is 69.8 Å². The fourth-order valence-corrected chi connectivity index (χ4v) is 1.57. The second kappa shape index (κ2) is 4.07. The van der Waals surface area contributed by atoms with Crippen molar-refractivity contribution in [3.8, 4) is 0 Å². The summed E-state index contributed by atoms with van der Waals surface area (Å²) in [5.74, 6) is 0.884. The van der Waals surface area contributed by atoms with E-state index in [4.69, 9.17) is 5.73 Å². The molecule has 0 atom stereocenters. The SMILES string of the molecule is CC(C)C(CN)(CO)C(C)C. The Morgan fingerprint density at radius 2 is 1.55 bits per heavy atom. The molecular weight excluding hydrogens is 138 g/mol. The van der Waals surface area contributed by atoms with E-state index in [1.54, 1.807) is 0 Å². The van der Waals surface area contributed by atoms with Crippen LogP contribution in [0.2, 0.25) is 0 Å². The molecule has 68 valence electrons. The smallest absolute Gasteiger partial charge is 0.0504 e. The van der Waals surface area contributed by atoms with Crippen molar-refractivity contribution in [3.63, 3.8) is 0 Å². The van der Waals surface area contributed by atoms with Gasteiger partial charge in [-0.25, -0.2) is 0 Å². The van der Waals surface area contributed by atoms with Crippen LogP contribution in [0.3, 0.4) is 0 Å². The molecule has 0 unspecified atom stereocenters. The second-order valence-electron chi connectivity index (χ2n) is 3.90. The standard InChI is InChI=1S/C9H21NO/c1-7(2)9(5-10,6-11)8(3)4/h7-8,11H,5-6,10H2,1-4H3. The van der Waals surface area contributed by atoms with E-state index in [9.17, 15) is 5.11 Å². The normalized spacial score (nSPS) is 13.1. The highest BCUT2D eigenvalue weighted by atomic mass is 16.3. The van der Waals surface area contributed by atoms with Gasteiger partial charge in [0, 0.05) is 12.0 Å². The van der Waals surface area contributed by atoms with E-state index < -0.39 is 0 Å². The van der Waals surface area contributed by atoms with Crippen molar-refractivity contribution in [1.82, 2.24) is 0 Å². The summed E-state index contributed by atoms with van der Waals surface area (Å²) in [7, 11) is 0. The lowest BCUT2D eigenvalue weighted by Crippen LogP contribution is -2.43. The van der Waals surface area contributed by atoms with Crippen LogP contribution in [0, 0.1) is 17.3 Å². The zero-order chi connectivity index (χ0) is 9.07. The predicted octanol–water partition coefficient (Wildman–Crippen LogP) is 1.24. The zero-order valence-corrected chi connectivity index (χ0v) is 8.09. The minimum absolute atomic E-state index is 0.0833. The molecule has 0 rings (SSSR count). The van der Waals surface area contributed by atoms with Crippen molar-refractivity contribution in [1.29, 1.82) is 0 Å². The van der Waals surface area contributed by atoms with Gasteiger partial charge in [0.2, 0.25) is 0 Å². The Bertz CT molecular complexity index is 96.1. The van der Waals surface area contributed by atoms with Gasteiger partial charge in [-0.1, -0.05) is 27.7 Å². The second-order valence-corrected chi connectivity index (χ2v) is 3.90. The third-order valence-corrected chi connectivity index (χ3v) is 2.97. The van der Waals surface area contributed by atoms with Gasteiger partial charge in [-0.05, 0) is 11.8 Å². The van der Waals surface area contributed by atoms with E-state index in [1.165, 1.54) is 0 Å². The molecule has 0 saturated carbocycles. The Balaban J connectivity index is 4.46. The van der Waals surface area contributed by atoms with Crippen molar-refractivity contribution in [2.24, 2.45) is 23.0 Å². The Morgan fingerprint density at radius 3 is 1.55 bits per heavy atom. The van der Waals surface area contributed by atoms with Crippen LogP contribution in [-0.2, 0) is 0 Å². The molecule has 0 heterocycles. The van der Waals surface area contributed by atoms with Crippen LogP contribution in [0.25, 0.3) is 0 Å². The number of aliphatic hydroxyl groups is 1. The van der Waals surface area contributed by atoms with E-state index >= 15 is 0 Å². The van der Waals surface area contributed by atoms with Gasteiger partial charge in [0.05, 0.1) is 6.61 Å². The van der Waals surface area contributed by atoms with Gasteiger partial charge in [-0.3, -0.25) is 0 Å². The summed E-state index contributed by atoms with van der Waals surface area (Å²) < 4.78 is 0. The summed E-state index contributed by atoms with van der Waals surface area (Å²) in [6, 6.07) is 0. The van der Waals surface area contributed by atoms with Crippen LogP contribution in [-0.4, -0.2) is 18.3 Å².